The molecule has 3 fully saturated rings. The van der Waals surface area contributed by atoms with E-state index in [0.717, 1.165) is 91.9 Å². The summed E-state index contributed by atoms with van der Waals surface area (Å²) in [5.74, 6) is 2.52. The lowest BCUT2D eigenvalue weighted by Gasteiger charge is -2.40. The van der Waals surface area contributed by atoms with E-state index in [1.54, 1.807) is 20.3 Å². The van der Waals surface area contributed by atoms with Crippen LogP contribution in [-0.2, 0) is 9.59 Å². The SMILES string of the molecule is COc1ccc(C2CCC(C(NC(=O)C3CCCCC3)c3cc(-c4coc(C5CC5)n4)ccn3)CC2NC(C)=O)cc1C. The number of oxazole rings is 1. The van der Waals surface area contributed by atoms with Gasteiger partial charge in [-0.25, -0.2) is 4.98 Å². The number of benzene rings is 1. The van der Waals surface area contributed by atoms with Crippen LogP contribution in [-0.4, -0.2) is 34.9 Å². The number of rotatable bonds is 9. The van der Waals surface area contributed by atoms with Crippen molar-refractivity contribution in [2.24, 2.45) is 11.8 Å². The molecular weight excluding hydrogens is 540 g/mol. The third-order valence-electron chi connectivity index (χ3n) is 9.72. The van der Waals surface area contributed by atoms with Crippen LogP contribution in [0.15, 0.2) is 47.2 Å². The van der Waals surface area contributed by atoms with Gasteiger partial charge in [0.05, 0.1) is 18.8 Å². The number of hydrogen-bond acceptors (Lipinski definition) is 6. The summed E-state index contributed by atoms with van der Waals surface area (Å²) in [5, 5.41) is 6.73. The predicted octanol–water partition coefficient (Wildman–Crippen LogP) is 6.76. The maximum absolute atomic E-state index is 13.7. The van der Waals surface area contributed by atoms with Crippen LogP contribution in [0.25, 0.3) is 11.3 Å². The number of methoxy groups -OCH3 is 1. The highest BCUT2D eigenvalue weighted by Gasteiger charge is 2.38. The molecule has 2 aromatic heterocycles. The first-order valence-corrected chi connectivity index (χ1v) is 16.0. The summed E-state index contributed by atoms with van der Waals surface area (Å²) in [4.78, 5) is 35.6. The van der Waals surface area contributed by atoms with Crippen molar-refractivity contribution in [1.29, 1.82) is 0 Å². The summed E-state index contributed by atoms with van der Waals surface area (Å²) >= 11 is 0. The molecule has 4 atom stereocenters. The molecule has 3 aliphatic carbocycles. The first-order chi connectivity index (χ1) is 20.9. The van der Waals surface area contributed by atoms with Gasteiger partial charge in [0.2, 0.25) is 11.8 Å². The second kappa shape index (κ2) is 12.9. The molecule has 3 aromatic rings. The zero-order valence-corrected chi connectivity index (χ0v) is 25.6. The Morgan fingerprint density at radius 3 is 2.56 bits per heavy atom. The van der Waals surface area contributed by atoms with Crippen molar-refractivity contribution in [3.63, 3.8) is 0 Å². The maximum Gasteiger partial charge on any atom is 0.223 e. The van der Waals surface area contributed by atoms with Crippen LogP contribution >= 0.6 is 0 Å². The number of carbonyl (C=O) groups is 2. The summed E-state index contributed by atoms with van der Waals surface area (Å²) in [6, 6.07) is 10.0. The molecule has 0 saturated heterocycles. The standard InChI is InChI=1S/C35H44N4O4/c1-21-17-25(12-14-32(21)42-3)28-13-11-27(19-29(28)37-22(2)40)33(39-34(41)23-7-5-4-6-8-23)30-18-26(15-16-36-30)31-20-43-35(38-31)24-9-10-24/h12,14-18,20,23-24,27-29,33H,4-11,13,19H2,1-3H3,(H,37,40)(H,39,41). The molecule has 3 aliphatic rings. The number of pyridine rings is 1. The van der Waals surface area contributed by atoms with Gasteiger partial charge in [0.1, 0.15) is 17.7 Å². The van der Waals surface area contributed by atoms with Crippen LogP contribution in [0.5, 0.6) is 5.75 Å². The van der Waals surface area contributed by atoms with Crippen LogP contribution in [0.1, 0.15) is 112 Å². The molecule has 3 saturated carbocycles. The second-order valence-corrected chi connectivity index (χ2v) is 12.9. The fraction of sp³-hybridized carbons (Fsp3) is 0.543. The molecule has 0 radical (unpaired) electrons. The van der Waals surface area contributed by atoms with Crippen molar-refractivity contribution in [2.75, 3.05) is 7.11 Å². The Morgan fingerprint density at radius 1 is 1.02 bits per heavy atom. The van der Waals surface area contributed by atoms with Gasteiger partial charge in [-0.15, -0.1) is 0 Å². The lowest BCUT2D eigenvalue weighted by Crippen LogP contribution is -2.46. The molecule has 1 aromatic carbocycles. The highest BCUT2D eigenvalue weighted by molar-refractivity contribution is 5.79. The number of aromatic nitrogens is 2. The van der Waals surface area contributed by atoms with Crippen molar-refractivity contribution in [2.45, 2.75) is 102 Å². The molecule has 0 aliphatic heterocycles. The zero-order valence-electron chi connectivity index (χ0n) is 25.6. The quantitative estimate of drug-likeness (QED) is 0.288. The average Bonchev–Trinajstić information content (AvgIpc) is 3.75. The summed E-state index contributed by atoms with van der Waals surface area (Å²) in [7, 11) is 1.69. The number of carbonyl (C=O) groups excluding carboxylic acids is 2. The summed E-state index contributed by atoms with van der Waals surface area (Å²) < 4.78 is 11.3. The minimum atomic E-state index is -0.265. The lowest BCUT2D eigenvalue weighted by atomic mass is 9.71. The molecule has 43 heavy (non-hydrogen) atoms. The number of nitrogens with zero attached hydrogens (tertiary/aromatic N) is 2. The number of nitrogens with one attached hydrogen (secondary N) is 2. The first kappa shape index (κ1) is 29.4. The van der Waals surface area contributed by atoms with Gasteiger partial charge < -0.3 is 19.8 Å². The molecule has 4 unspecified atom stereocenters. The molecule has 8 nitrogen and oxygen atoms in total. The van der Waals surface area contributed by atoms with Crippen LogP contribution in [0.2, 0.25) is 0 Å². The Labute approximate surface area is 254 Å². The van der Waals surface area contributed by atoms with E-state index in [1.807, 2.05) is 18.3 Å². The molecular formula is C35H44N4O4. The molecule has 2 heterocycles. The Bertz CT molecular complexity index is 1440. The Balaban J connectivity index is 1.29. The van der Waals surface area contributed by atoms with Crippen LogP contribution < -0.4 is 15.4 Å². The summed E-state index contributed by atoms with van der Waals surface area (Å²) in [5.41, 5.74) is 4.87. The molecule has 6 rings (SSSR count). The number of amides is 2. The van der Waals surface area contributed by atoms with E-state index in [4.69, 9.17) is 19.1 Å². The van der Waals surface area contributed by atoms with E-state index in [9.17, 15) is 9.59 Å². The zero-order chi connectivity index (χ0) is 29.9. The molecule has 0 bridgehead atoms. The highest BCUT2D eigenvalue weighted by Crippen LogP contribution is 2.43. The second-order valence-electron chi connectivity index (χ2n) is 12.9. The summed E-state index contributed by atoms with van der Waals surface area (Å²) in [6.07, 6.45) is 13.6. The number of ether oxygens (including phenoxy) is 1. The third-order valence-corrected chi connectivity index (χ3v) is 9.72. The normalized spacial score (nSPS) is 23.4. The smallest absolute Gasteiger partial charge is 0.223 e. The predicted molar refractivity (Wildman–Crippen MR) is 165 cm³/mol. The van der Waals surface area contributed by atoms with Gasteiger partial charge in [-0.1, -0.05) is 31.4 Å². The van der Waals surface area contributed by atoms with Crippen LogP contribution in [0.4, 0.5) is 0 Å². The van der Waals surface area contributed by atoms with E-state index < -0.39 is 0 Å². The van der Waals surface area contributed by atoms with E-state index >= 15 is 0 Å². The number of hydrogen-bond donors (Lipinski definition) is 2. The van der Waals surface area contributed by atoms with Gasteiger partial charge in [-0.05, 0) is 87.1 Å². The molecule has 8 heteroatoms. The Hall–Kier alpha value is -3.68. The van der Waals surface area contributed by atoms with Gasteiger partial charge in [0.25, 0.3) is 0 Å². The maximum atomic E-state index is 13.7. The van der Waals surface area contributed by atoms with E-state index in [0.29, 0.717) is 5.92 Å². The third kappa shape index (κ3) is 6.78. The molecule has 228 valence electrons. The fourth-order valence-corrected chi connectivity index (χ4v) is 7.24. The van der Waals surface area contributed by atoms with Crippen molar-refractivity contribution in [3.8, 4) is 17.0 Å². The monoisotopic (exact) mass is 584 g/mol. The molecule has 2 amide bonds. The van der Waals surface area contributed by atoms with Crippen molar-refractivity contribution >= 4 is 11.8 Å². The van der Waals surface area contributed by atoms with Gasteiger partial charge in [-0.2, -0.15) is 0 Å². The van der Waals surface area contributed by atoms with Crippen molar-refractivity contribution in [1.82, 2.24) is 20.6 Å². The highest BCUT2D eigenvalue weighted by atomic mass is 16.5. The molecule has 2 N–H and O–H groups in total. The van der Waals surface area contributed by atoms with Gasteiger partial charge in [0.15, 0.2) is 5.89 Å². The fourth-order valence-electron chi connectivity index (χ4n) is 7.24. The minimum absolute atomic E-state index is 0.0405. The first-order valence-electron chi connectivity index (χ1n) is 16.0. The Morgan fingerprint density at radius 2 is 1.84 bits per heavy atom. The van der Waals surface area contributed by atoms with Crippen LogP contribution in [0, 0.1) is 18.8 Å². The summed E-state index contributed by atoms with van der Waals surface area (Å²) in [6.45, 7) is 3.64. The van der Waals surface area contributed by atoms with Gasteiger partial charge >= 0.3 is 0 Å². The Kier molecular flexibility index (Phi) is 8.82. The average molecular weight is 585 g/mol. The topological polar surface area (TPSA) is 106 Å². The van der Waals surface area contributed by atoms with Crippen molar-refractivity contribution < 1.29 is 18.7 Å². The van der Waals surface area contributed by atoms with E-state index in [-0.39, 0.29) is 41.7 Å². The van der Waals surface area contributed by atoms with Crippen molar-refractivity contribution in [3.05, 3.63) is 65.5 Å². The minimum Gasteiger partial charge on any atom is -0.496 e. The lowest BCUT2D eigenvalue weighted by molar-refractivity contribution is -0.127. The number of aryl methyl sites for hydroxylation is 1. The van der Waals surface area contributed by atoms with Gasteiger partial charge in [-0.3, -0.25) is 14.6 Å². The van der Waals surface area contributed by atoms with E-state index in [2.05, 4.69) is 35.8 Å². The largest absolute Gasteiger partial charge is 0.496 e. The van der Waals surface area contributed by atoms with E-state index in [1.165, 1.54) is 12.0 Å². The molecule has 0 spiro atoms. The van der Waals surface area contributed by atoms with Gasteiger partial charge in [0, 0.05) is 42.5 Å². The van der Waals surface area contributed by atoms with Crippen LogP contribution in [0.3, 0.4) is 0 Å².